The first-order valence-corrected chi connectivity index (χ1v) is 4.09. The molecular formula is C11H15N. The standard InChI is InChI=1S/C11H15N/c1-4-6-7-8-10(3)11(5-2)9-12/h4-6H,2,7-8H2,1,3H3/b6-4-,11-10-. The molecule has 0 fully saturated rings. The molecule has 0 aliphatic heterocycles. The number of nitrogens with zero attached hydrogens (tertiary/aromatic N) is 1. The summed E-state index contributed by atoms with van der Waals surface area (Å²) >= 11 is 0. The molecule has 0 aromatic carbocycles. The van der Waals surface area contributed by atoms with Gasteiger partial charge >= 0.3 is 0 Å². The van der Waals surface area contributed by atoms with Crippen molar-refractivity contribution < 1.29 is 0 Å². The molecular weight excluding hydrogens is 146 g/mol. The maximum Gasteiger partial charge on any atom is 0.0990 e. The molecule has 0 bridgehead atoms. The Morgan fingerprint density at radius 1 is 1.58 bits per heavy atom. The first-order chi connectivity index (χ1) is 5.76. The van der Waals surface area contributed by atoms with E-state index >= 15 is 0 Å². The van der Waals surface area contributed by atoms with Gasteiger partial charge in [-0.3, -0.25) is 0 Å². The van der Waals surface area contributed by atoms with E-state index in [2.05, 4.69) is 18.7 Å². The average molecular weight is 161 g/mol. The number of nitriles is 1. The van der Waals surface area contributed by atoms with Crippen molar-refractivity contribution in [3.8, 4) is 6.07 Å². The second kappa shape index (κ2) is 6.42. The monoisotopic (exact) mass is 161 g/mol. The van der Waals surface area contributed by atoms with Crippen molar-refractivity contribution in [2.24, 2.45) is 0 Å². The topological polar surface area (TPSA) is 23.8 Å². The van der Waals surface area contributed by atoms with Crippen LogP contribution in [0.1, 0.15) is 26.7 Å². The second-order valence-corrected chi connectivity index (χ2v) is 2.62. The molecule has 0 atom stereocenters. The van der Waals surface area contributed by atoms with Gasteiger partial charge in [0.1, 0.15) is 0 Å². The Bertz CT molecular complexity index is 238. The minimum atomic E-state index is 0.708. The highest BCUT2D eigenvalue weighted by Crippen LogP contribution is 2.10. The van der Waals surface area contributed by atoms with Gasteiger partial charge < -0.3 is 0 Å². The Morgan fingerprint density at radius 2 is 2.25 bits per heavy atom. The first kappa shape index (κ1) is 10.7. The van der Waals surface area contributed by atoms with Crippen molar-refractivity contribution in [3.63, 3.8) is 0 Å². The molecule has 12 heavy (non-hydrogen) atoms. The van der Waals surface area contributed by atoms with Gasteiger partial charge in [0.15, 0.2) is 0 Å². The minimum absolute atomic E-state index is 0.708. The molecule has 0 aliphatic carbocycles. The van der Waals surface area contributed by atoms with Crippen LogP contribution in [0, 0.1) is 11.3 Å². The summed E-state index contributed by atoms with van der Waals surface area (Å²) in [7, 11) is 0. The summed E-state index contributed by atoms with van der Waals surface area (Å²) in [4.78, 5) is 0. The van der Waals surface area contributed by atoms with E-state index in [1.807, 2.05) is 19.9 Å². The van der Waals surface area contributed by atoms with Crippen molar-refractivity contribution in [2.75, 3.05) is 0 Å². The summed E-state index contributed by atoms with van der Waals surface area (Å²) in [5.74, 6) is 0. The Balaban J connectivity index is 4.17. The number of allylic oxidation sites excluding steroid dienone is 5. The normalized spacial score (nSPS) is 12.4. The molecule has 0 radical (unpaired) electrons. The highest BCUT2D eigenvalue weighted by molar-refractivity contribution is 5.35. The summed E-state index contributed by atoms with van der Waals surface area (Å²) in [5.41, 5.74) is 1.82. The lowest BCUT2D eigenvalue weighted by Gasteiger charge is -1.98. The van der Waals surface area contributed by atoms with E-state index in [0.29, 0.717) is 5.57 Å². The van der Waals surface area contributed by atoms with Crippen molar-refractivity contribution in [2.45, 2.75) is 26.7 Å². The Hall–Kier alpha value is -1.29. The zero-order chi connectivity index (χ0) is 9.40. The maximum absolute atomic E-state index is 8.66. The van der Waals surface area contributed by atoms with Gasteiger partial charge in [-0.1, -0.05) is 30.4 Å². The molecule has 0 saturated carbocycles. The molecule has 0 N–H and O–H groups in total. The molecule has 0 aromatic rings. The predicted molar refractivity (Wildman–Crippen MR) is 52.6 cm³/mol. The van der Waals surface area contributed by atoms with E-state index in [4.69, 9.17) is 5.26 Å². The highest BCUT2D eigenvalue weighted by atomic mass is 14.2. The summed E-state index contributed by atoms with van der Waals surface area (Å²) in [5, 5.41) is 8.66. The van der Waals surface area contributed by atoms with Crippen LogP contribution in [0.2, 0.25) is 0 Å². The Morgan fingerprint density at radius 3 is 2.67 bits per heavy atom. The van der Waals surface area contributed by atoms with Gasteiger partial charge in [0, 0.05) is 0 Å². The molecule has 0 aliphatic rings. The van der Waals surface area contributed by atoms with Gasteiger partial charge in [0.2, 0.25) is 0 Å². The van der Waals surface area contributed by atoms with Gasteiger partial charge in [-0.2, -0.15) is 5.26 Å². The third kappa shape index (κ3) is 3.78. The van der Waals surface area contributed by atoms with Crippen LogP contribution >= 0.6 is 0 Å². The highest BCUT2D eigenvalue weighted by Gasteiger charge is 1.95. The van der Waals surface area contributed by atoms with Gasteiger partial charge in [-0.25, -0.2) is 0 Å². The van der Waals surface area contributed by atoms with Gasteiger partial charge in [-0.05, 0) is 26.7 Å². The lowest BCUT2D eigenvalue weighted by Crippen LogP contribution is -1.82. The molecule has 0 amide bonds. The van der Waals surface area contributed by atoms with Crippen LogP contribution in [0.25, 0.3) is 0 Å². The third-order valence-corrected chi connectivity index (χ3v) is 1.71. The van der Waals surface area contributed by atoms with E-state index in [-0.39, 0.29) is 0 Å². The summed E-state index contributed by atoms with van der Waals surface area (Å²) < 4.78 is 0. The molecule has 1 heteroatoms. The van der Waals surface area contributed by atoms with Crippen molar-refractivity contribution in [1.29, 1.82) is 5.26 Å². The Labute approximate surface area is 74.7 Å². The van der Waals surface area contributed by atoms with E-state index in [1.54, 1.807) is 6.08 Å². The van der Waals surface area contributed by atoms with E-state index in [9.17, 15) is 0 Å². The summed E-state index contributed by atoms with van der Waals surface area (Å²) in [6, 6.07) is 2.12. The number of rotatable bonds is 4. The Kier molecular flexibility index (Phi) is 5.73. The van der Waals surface area contributed by atoms with Crippen LogP contribution in [0.15, 0.2) is 36.0 Å². The fourth-order valence-electron chi connectivity index (χ4n) is 0.916. The van der Waals surface area contributed by atoms with Crippen molar-refractivity contribution in [3.05, 3.63) is 36.0 Å². The lowest BCUT2D eigenvalue weighted by atomic mass is 10.1. The van der Waals surface area contributed by atoms with Gasteiger partial charge in [0.25, 0.3) is 0 Å². The fourth-order valence-corrected chi connectivity index (χ4v) is 0.916. The molecule has 1 nitrogen and oxygen atoms in total. The first-order valence-electron chi connectivity index (χ1n) is 4.09. The SMILES string of the molecule is C=C/C(C#N)=C(\C)CC/C=C\C. The van der Waals surface area contributed by atoms with Gasteiger partial charge in [-0.15, -0.1) is 0 Å². The van der Waals surface area contributed by atoms with Gasteiger partial charge in [0.05, 0.1) is 11.6 Å². The van der Waals surface area contributed by atoms with Crippen LogP contribution in [0.5, 0.6) is 0 Å². The molecule has 0 aromatic heterocycles. The van der Waals surface area contributed by atoms with E-state index in [0.717, 1.165) is 18.4 Å². The second-order valence-electron chi connectivity index (χ2n) is 2.62. The predicted octanol–water partition coefficient (Wildman–Crippen LogP) is 3.37. The smallest absolute Gasteiger partial charge is 0.0990 e. The molecule has 0 saturated heterocycles. The van der Waals surface area contributed by atoms with Crippen LogP contribution in [-0.2, 0) is 0 Å². The molecule has 0 spiro atoms. The zero-order valence-corrected chi connectivity index (χ0v) is 7.80. The van der Waals surface area contributed by atoms with Crippen LogP contribution in [0.4, 0.5) is 0 Å². The molecule has 0 unspecified atom stereocenters. The quantitative estimate of drug-likeness (QED) is 0.352. The van der Waals surface area contributed by atoms with Crippen LogP contribution < -0.4 is 0 Å². The van der Waals surface area contributed by atoms with E-state index in [1.165, 1.54) is 0 Å². The zero-order valence-electron chi connectivity index (χ0n) is 7.80. The van der Waals surface area contributed by atoms with Crippen LogP contribution in [-0.4, -0.2) is 0 Å². The van der Waals surface area contributed by atoms with Crippen molar-refractivity contribution >= 4 is 0 Å². The fraction of sp³-hybridized carbons (Fsp3) is 0.364. The summed E-state index contributed by atoms with van der Waals surface area (Å²) in [6.07, 6.45) is 7.68. The number of hydrogen-bond acceptors (Lipinski definition) is 1. The minimum Gasteiger partial charge on any atom is -0.192 e. The number of hydrogen-bond donors (Lipinski definition) is 0. The maximum atomic E-state index is 8.66. The third-order valence-electron chi connectivity index (χ3n) is 1.71. The largest absolute Gasteiger partial charge is 0.192 e. The van der Waals surface area contributed by atoms with Crippen LogP contribution in [0.3, 0.4) is 0 Å². The van der Waals surface area contributed by atoms with E-state index < -0.39 is 0 Å². The summed E-state index contributed by atoms with van der Waals surface area (Å²) in [6.45, 7) is 7.56. The molecule has 0 rings (SSSR count). The lowest BCUT2D eigenvalue weighted by molar-refractivity contribution is 0.968. The molecule has 0 heterocycles. The molecule has 64 valence electrons. The average Bonchev–Trinajstić information content (AvgIpc) is 2.07. The van der Waals surface area contributed by atoms with Crippen molar-refractivity contribution in [1.82, 2.24) is 0 Å².